The van der Waals surface area contributed by atoms with Gasteiger partial charge >= 0.3 is 6.03 Å². The zero-order valence-electron chi connectivity index (χ0n) is 11.6. The number of amides is 2. The predicted molar refractivity (Wildman–Crippen MR) is 75.3 cm³/mol. The molecule has 0 aliphatic heterocycles. The molecule has 5 heteroatoms. The lowest BCUT2D eigenvalue weighted by Gasteiger charge is -2.09. The quantitative estimate of drug-likeness (QED) is 0.710. The Bertz CT molecular complexity index is 383. The van der Waals surface area contributed by atoms with Gasteiger partial charge in [0, 0.05) is 32.6 Å². The van der Waals surface area contributed by atoms with Crippen LogP contribution in [0.15, 0.2) is 24.3 Å². The first-order valence-corrected chi connectivity index (χ1v) is 6.46. The number of ether oxygens (including phenoxy) is 2. The van der Waals surface area contributed by atoms with E-state index in [1.165, 1.54) is 0 Å². The van der Waals surface area contributed by atoms with Crippen LogP contribution in [0.5, 0.6) is 0 Å². The number of urea groups is 1. The van der Waals surface area contributed by atoms with E-state index in [0.717, 1.165) is 17.7 Å². The molecule has 2 amide bonds. The fourth-order valence-corrected chi connectivity index (χ4v) is 1.60. The first kappa shape index (κ1) is 15.5. The Hall–Kier alpha value is -1.59. The minimum absolute atomic E-state index is 0.203. The topological polar surface area (TPSA) is 59.6 Å². The molecule has 0 spiro atoms. The highest BCUT2D eigenvalue weighted by atomic mass is 16.5. The number of anilines is 1. The van der Waals surface area contributed by atoms with Crippen LogP contribution in [0.4, 0.5) is 10.5 Å². The highest BCUT2D eigenvalue weighted by Crippen LogP contribution is 2.11. The highest BCUT2D eigenvalue weighted by molar-refractivity contribution is 5.89. The van der Waals surface area contributed by atoms with Gasteiger partial charge in [-0.25, -0.2) is 4.79 Å². The Morgan fingerprint density at radius 2 is 2.21 bits per heavy atom. The lowest BCUT2D eigenvalue weighted by Crippen LogP contribution is -2.30. The maximum Gasteiger partial charge on any atom is 0.319 e. The van der Waals surface area contributed by atoms with Crippen LogP contribution in [0.2, 0.25) is 0 Å². The van der Waals surface area contributed by atoms with Crippen molar-refractivity contribution in [3.63, 3.8) is 0 Å². The Labute approximate surface area is 114 Å². The van der Waals surface area contributed by atoms with Crippen molar-refractivity contribution in [1.82, 2.24) is 5.32 Å². The first-order chi connectivity index (χ1) is 9.26. The third-order valence-electron chi connectivity index (χ3n) is 2.45. The molecule has 19 heavy (non-hydrogen) atoms. The van der Waals surface area contributed by atoms with Crippen LogP contribution >= 0.6 is 0 Å². The largest absolute Gasteiger partial charge is 0.382 e. The lowest BCUT2D eigenvalue weighted by molar-refractivity contribution is 0.145. The molecule has 2 N–H and O–H groups in total. The summed E-state index contributed by atoms with van der Waals surface area (Å²) in [6, 6.07) is 7.38. The molecule has 0 bridgehead atoms. The van der Waals surface area contributed by atoms with E-state index >= 15 is 0 Å². The Balaban J connectivity index is 2.29. The minimum Gasteiger partial charge on any atom is -0.382 e. The molecule has 0 aliphatic carbocycles. The fraction of sp³-hybridized carbons (Fsp3) is 0.500. The molecule has 0 unspecified atom stereocenters. The second-order valence-electron chi connectivity index (χ2n) is 4.06. The number of nitrogens with one attached hydrogen (secondary N) is 2. The van der Waals surface area contributed by atoms with E-state index in [9.17, 15) is 4.79 Å². The number of methoxy groups -OCH3 is 1. The average Bonchev–Trinajstić information content (AvgIpc) is 2.39. The molecule has 0 atom stereocenters. The summed E-state index contributed by atoms with van der Waals surface area (Å²) in [4.78, 5) is 11.6. The van der Waals surface area contributed by atoms with Crippen LogP contribution in [-0.2, 0) is 16.1 Å². The van der Waals surface area contributed by atoms with Crippen molar-refractivity contribution in [3.8, 4) is 0 Å². The standard InChI is InChI=1S/C14H22N2O3/c1-3-19-9-5-8-15-14(17)16-13-7-4-6-12(10-13)11-18-2/h4,6-7,10H,3,5,8-9,11H2,1-2H3,(H2,15,16,17). The predicted octanol–water partition coefficient (Wildman–Crippen LogP) is 2.38. The van der Waals surface area contributed by atoms with Crippen LogP contribution in [-0.4, -0.2) is 32.9 Å². The maximum absolute atomic E-state index is 11.6. The van der Waals surface area contributed by atoms with Gasteiger partial charge in [0.1, 0.15) is 0 Å². The molecule has 106 valence electrons. The van der Waals surface area contributed by atoms with E-state index < -0.39 is 0 Å². The average molecular weight is 266 g/mol. The van der Waals surface area contributed by atoms with Crippen molar-refractivity contribution in [3.05, 3.63) is 29.8 Å². The third-order valence-corrected chi connectivity index (χ3v) is 2.45. The number of hydrogen-bond acceptors (Lipinski definition) is 3. The number of carbonyl (C=O) groups excluding carboxylic acids is 1. The van der Waals surface area contributed by atoms with E-state index in [-0.39, 0.29) is 6.03 Å². The molecule has 0 radical (unpaired) electrons. The molecule has 0 saturated carbocycles. The SMILES string of the molecule is CCOCCCNC(=O)Nc1cccc(COC)c1. The molecular weight excluding hydrogens is 244 g/mol. The van der Waals surface area contributed by atoms with Gasteiger partial charge in [0.05, 0.1) is 6.61 Å². The molecule has 1 rings (SSSR count). The van der Waals surface area contributed by atoms with Crippen molar-refractivity contribution < 1.29 is 14.3 Å². The van der Waals surface area contributed by atoms with Crippen LogP contribution in [0.3, 0.4) is 0 Å². The number of carbonyl (C=O) groups is 1. The first-order valence-electron chi connectivity index (χ1n) is 6.46. The molecule has 0 fully saturated rings. The fourth-order valence-electron chi connectivity index (χ4n) is 1.60. The van der Waals surface area contributed by atoms with Gasteiger partial charge < -0.3 is 20.1 Å². The molecule has 0 aliphatic rings. The Morgan fingerprint density at radius 3 is 2.95 bits per heavy atom. The zero-order valence-corrected chi connectivity index (χ0v) is 11.6. The Morgan fingerprint density at radius 1 is 1.37 bits per heavy atom. The van der Waals surface area contributed by atoms with Crippen molar-refractivity contribution in [2.24, 2.45) is 0 Å². The van der Waals surface area contributed by atoms with Gasteiger partial charge in [-0.3, -0.25) is 0 Å². The zero-order chi connectivity index (χ0) is 13.9. The maximum atomic E-state index is 11.6. The van der Waals surface area contributed by atoms with Gasteiger partial charge in [0.2, 0.25) is 0 Å². The number of benzene rings is 1. The van der Waals surface area contributed by atoms with Crippen LogP contribution in [0.25, 0.3) is 0 Å². The summed E-state index contributed by atoms with van der Waals surface area (Å²) in [5.74, 6) is 0. The molecule has 0 aromatic heterocycles. The second-order valence-corrected chi connectivity index (χ2v) is 4.06. The molecule has 5 nitrogen and oxygen atoms in total. The van der Waals surface area contributed by atoms with E-state index in [0.29, 0.717) is 26.4 Å². The van der Waals surface area contributed by atoms with Crippen molar-refractivity contribution in [2.75, 3.05) is 32.2 Å². The highest BCUT2D eigenvalue weighted by Gasteiger charge is 2.01. The van der Waals surface area contributed by atoms with Gasteiger partial charge in [0.15, 0.2) is 0 Å². The summed E-state index contributed by atoms with van der Waals surface area (Å²) >= 11 is 0. The number of rotatable bonds is 8. The Kier molecular flexibility index (Phi) is 7.62. The van der Waals surface area contributed by atoms with Crippen LogP contribution < -0.4 is 10.6 Å². The van der Waals surface area contributed by atoms with Gasteiger partial charge in [-0.15, -0.1) is 0 Å². The summed E-state index contributed by atoms with van der Waals surface area (Å²) in [5, 5.41) is 5.57. The van der Waals surface area contributed by atoms with E-state index in [2.05, 4.69) is 10.6 Å². The molecule has 0 heterocycles. The molecule has 1 aromatic carbocycles. The van der Waals surface area contributed by atoms with Crippen molar-refractivity contribution in [2.45, 2.75) is 20.0 Å². The van der Waals surface area contributed by atoms with Gasteiger partial charge in [-0.05, 0) is 31.0 Å². The summed E-state index contributed by atoms with van der Waals surface area (Å²) in [5.41, 5.74) is 1.79. The third kappa shape index (κ3) is 6.79. The van der Waals surface area contributed by atoms with Gasteiger partial charge in [-0.2, -0.15) is 0 Å². The van der Waals surface area contributed by atoms with Gasteiger partial charge in [-0.1, -0.05) is 12.1 Å². The van der Waals surface area contributed by atoms with Gasteiger partial charge in [0.25, 0.3) is 0 Å². The van der Waals surface area contributed by atoms with Crippen molar-refractivity contribution >= 4 is 11.7 Å². The monoisotopic (exact) mass is 266 g/mol. The molecule has 1 aromatic rings. The number of hydrogen-bond donors (Lipinski definition) is 2. The molecular formula is C14H22N2O3. The summed E-state index contributed by atoms with van der Waals surface area (Å²) in [6.07, 6.45) is 0.810. The van der Waals surface area contributed by atoms with E-state index in [4.69, 9.17) is 9.47 Å². The second kappa shape index (κ2) is 9.35. The van der Waals surface area contributed by atoms with E-state index in [1.807, 2.05) is 31.2 Å². The van der Waals surface area contributed by atoms with Crippen LogP contribution in [0.1, 0.15) is 18.9 Å². The minimum atomic E-state index is -0.203. The smallest absolute Gasteiger partial charge is 0.319 e. The summed E-state index contributed by atoms with van der Waals surface area (Å²) in [6.45, 7) is 4.46. The van der Waals surface area contributed by atoms with Crippen LogP contribution in [0, 0.1) is 0 Å². The molecule has 0 saturated heterocycles. The summed E-state index contributed by atoms with van der Waals surface area (Å²) < 4.78 is 10.2. The van der Waals surface area contributed by atoms with E-state index in [1.54, 1.807) is 7.11 Å². The normalized spacial score (nSPS) is 10.2. The lowest BCUT2D eigenvalue weighted by atomic mass is 10.2. The summed E-state index contributed by atoms with van der Waals surface area (Å²) in [7, 11) is 1.64. The van der Waals surface area contributed by atoms with Crippen molar-refractivity contribution in [1.29, 1.82) is 0 Å².